The van der Waals surface area contributed by atoms with Crippen molar-refractivity contribution in [1.82, 2.24) is 10.2 Å². The van der Waals surface area contributed by atoms with Crippen LogP contribution in [-0.2, 0) is 14.4 Å². The Bertz CT molecular complexity index is 1140. The fraction of sp³-hybridized carbons (Fsp3) is 0.238. The first-order valence-corrected chi connectivity index (χ1v) is 9.46. The van der Waals surface area contributed by atoms with Gasteiger partial charge in [0, 0.05) is 31.0 Å². The predicted octanol–water partition coefficient (Wildman–Crippen LogP) is 2.52. The molecule has 1 atom stereocenters. The van der Waals surface area contributed by atoms with Gasteiger partial charge in [-0.3, -0.25) is 24.4 Å². The first-order chi connectivity index (χ1) is 14.5. The molecule has 1 fully saturated rings. The highest BCUT2D eigenvalue weighted by Gasteiger charge is 2.37. The van der Waals surface area contributed by atoms with Crippen LogP contribution in [0.5, 0.6) is 5.75 Å². The lowest BCUT2D eigenvalue weighted by molar-refractivity contribution is -0.122. The maximum Gasteiger partial charge on any atom is 0.229 e. The molecule has 9 heteroatoms. The molecule has 0 bridgehead atoms. The number of nitrogens with one attached hydrogen (secondary N) is 3. The van der Waals surface area contributed by atoms with Crippen LogP contribution in [-0.4, -0.2) is 41.6 Å². The number of para-hydroxylation sites is 1. The fourth-order valence-electron chi connectivity index (χ4n) is 3.56. The molecule has 1 aromatic heterocycles. The Balaban J connectivity index is 1.52. The molecule has 0 unspecified atom stereocenters. The second kappa shape index (κ2) is 7.86. The normalized spacial score (nSPS) is 16.0. The zero-order valence-electron chi connectivity index (χ0n) is 16.6. The van der Waals surface area contributed by atoms with Crippen molar-refractivity contribution in [2.24, 2.45) is 5.92 Å². The Morgan fingerprint density at radius 3 is 2.77 bits per heavy atom. The van der Waals surface area contributed by atoms with Crippen molar-refractivity contribution in [2.45, 2.75) is 13.3 Å². The van der Waals surface area contributed by atoms with Gasteiger partial charge in [0.05, 0.1) is 24.2 Å². The largest absolute Gasteiger partial charge is 0.495 e. The van der Waals surface area contributed by atoms with Crippen molar-refractivity contribution in [3.8, 4) is 5.75 Å². The molecule has 2 aromatic carbocycles. The first-order valence-electron chi connectivity index (χ1n) is 9.46. The lowest BCUT2D eigenvalue weighted by Gasteiger charge is -2.16. The molecule has 3 aromatic rings. The standard InChI is InChI=1S/C21H21N5O4/c1-12(27)22-14-7-8-18(30-2)17(10-14)23-21(29)13-9-19(28)26(11-13)20-15-5-3-4-6-16(15)24-25-20/h3-8,10,13H,9,11H2,1-2H3,(H,22,27)(H,23,29)(H,24,25)/t13-/m0/s1. The number of aromatic nitrogens is 2. The Kier molecular flexibility index (Phi) is 5.09. The SMILES string of the molecule is COc1ccc(NC(C)=O)cc1NC(=O)[C@H]1CC(=O)N(c2n[nH]c3ccccc23)C1. The minimum absolute atomic E-state index is 0.0840. The monoisotopic (exact) mass is 407 g/mol. The maximum absolute atomic E-state index is 12.9. The molecule has 0 aliphatic carbocycles. The lowest BCUT2D eigenvalue weighted by Crippen LogP contribution is -2.28. The summed E-state index contributed by atoms with van der Waals surface area (Å²) >= 11 is 0. The van der Waals surface area contributed by atoms with Crippen molar-refractivity contribution in [3.05, 3.63) is 42.5 Å². The summed E-state index contributed by atoms with van der Waals surface area (Å²) in [5, 5.41) is 13.5. The van der Waals surface area contributed by atoms with Gasteiger partial charge < -0.3 is 15.4 Å². The van der Waals surface area contributed by atoms with E-state index in [1.54, 1.807) is 18.2 Å². The molecular weight excluding hydrogens is 386 g/mol. The predicted molar refractivity (Wildman–Crippen MR) is 112 cm³/mol. The first kappa shape index (κ1) is 19.4. The van der Waals surface area contributed by atoms with E-state index < -0.39 is 5.92 Å². The highest BCUT2D eigenvalue weighted by atomic mass is 16.5. The number of aromatic amines is 1. The zero-order valence-corrected chi connectivity index (χ0v) is 16.6. The van der Waals surface area contributed by atoms with E-state index in [2.05, 4.69) is 20.8 Å². The summed E-state index contributed by atoms with van der Waals surface area (Å²) in [6.45, 7) is 1.63. The van der Waals surface area contributed by atoms with E-state index >= 15 is 0 Å². The Hall–Kier alpha value is -3.88. The van der Waals surface area contributed by atoms with Gasteiger partial charge in [0.15, 0.2) is 5.82 Å². The molecule has 0 radical (unpaired) electrons. The molecule has 154 valence electrons. The van der Waals surface area contributed by atoms with Crippen LogP contribution in [0.3, 0.4) is 0 Å². The van der Waals surface area contributed by atoms with E-state index in [-0.39, 0.29) is 30.7 Å². The van der Waals surface area contributed by atoms with Crippen molar-refractivity contribution in [3.63, 3.8) is 0 Å². The van der Waals surface area contributed by atoms with Gasteiger partial charge in [0.1, 0.15) is 5.75 Å². The number of carbonyl (C=O) groups is 3. The van der Waals surface area contributed by atoms with Crippen LogP contribution in [0, 0.1) is 5.92 Å². The van der Waals surface area contributed by atoms with E-state index in [1.807, 2.05) is 24.3 Å². The third kappa shape index (κ3) is 3.69. The Morgan fingerprint density at radius 2 is 2.00 bits per heavy atom. The van der Waals surface area contributed by atoms with Crippen LogP contribution >= 0.6 is 0 Å². The van der Waals surface area contributed by atoms with Gasteiger partial charge in [-0.05, 0) is 30.3 Å². The van der Waals surface area contributed by atoms with Crippen LogP contribution in [0.1, 0.15) is 13.3 Å². The third-order valence-electron chi connectivity index (χ3n) is 4.98. The number of fused-ring (bicyclic) bond motifs is 1. The highest BCUT2D eigenvalue weighted by molar-refractivity contribution is 6.07. The molecule has 0 saturated carbocycles. The van der Waals surface area contributed by atoms with Gasteiger partial charge in [-0.25, -0.2) is 0 Å². The van der Waals surface area contributed by atoms with Crippen molar-refractivity contribution in [1.29, 1.82) is 0 Å². The lowest BCUT2D eigenvalue weighted by atomic mass is 10.1. The van der Waals surface area contributed by atoms with E-state index in [1.165, 1.54) is 18.9 Å². The number of rotatable bonds is 5. The number of amides is 3. The number of H-pyrrole nitrogens is 1. The van der Waals surface area contributed by atoms with Crippen molar-refractivity contribution in [2.75, 3.05) is 29.2 Å². The topological polar surface area (TPSA) is 116 Å². The van der Waals surface area contributed by atoms with Gasteiger partial charge in [-0.15, -0.1) is 0 Å². The van der Waals surface area contributed by atoms with Crippen LogP contribution in [0.2, 0.25) is 0 Å². The average Bonchev–Trinajstić information content (AvgIpc) is 3.31. The van der Waals surface area contributed by atoms with E-state index in [0.717, 1.165) is 10.9 Å². The molecule has 1 aliphatic rings. The van der Waals surface area contributed by atoms with Gasteiger partial charge in [-0.2, -0.15) is 5.10 Å². The molecule has 4 rings (SSSR count). The number of benzene rings is 2. The van der Waals surface area contributed by atoms with Crippen molar-refractivity contribution < 1.29 is 19.1 Å². The van der Waals surface area contributed by atoms with Crippen molar-refractivity contribution >= 4 is 45.8 Å². The summed E-state index contributed by atoms with van der Waals surface area (Å²) < 4.78 is 5.30. The molecular formula is C21H21N5O4. The van der Waals surface area contributed by atoms with Gasteiger partial charge >= 0.3 is 0 Å². The molecule has 30 heavy (non-hydrogen) atoms. The van der Waals surface area contributed by atoms with Gasteiger partial charge in [0.25, 0.3) is 0 Å². The zero-order chi connectivity index (χ0) is 21.3. The average molecular weight is 407 g/mol. The van der Waals surface area contributed by atoms with Crippen LogP contribution in [0.25, 0.3) is 10.9 Å². The number of carbonyl (C=O) groups excluding carboxylic acids is 3. The van der Waals surface area contributed by atoms with Crippen LogP contribution < -0.4 is 20.3 Å². The summed E-state index contributed by atoms with van der Waals surface area (Å²) in [5.41, 5.74) is 1.78. The number of ether oxygens (including phenoxy) is 1. The summed E-state index contributed by atoms with van der Waals surface area (Å²) in [6.07, 6.45) is 0.0840. The number of methoxy groups -OCH3 is 1. The van der Waals surface area contributed by atoms with Gasteiger partial charge in [0.2, 0.25) is 17.7 Å². The highest BCUT2D eigenvalue weighted by Crippen LogP contribution is 2.32. The minimum Gasteiger partial charge on any atom is -0.495 e. The summed E-state index contributed by atoms with van der Waals surface area (Å²) in [5.74, 6) is -0.244. The number of nitrogens with zero attached hydrogens (tertiary/aromatic N) is 2. The fourth-order valence-corrected chi connectivity index (χ4v) is 3.56. The molecule has 3 N–H and O–H groups in total. The quantitative estimate of drug-likeness (QED) is 0.601. The molecule has 1 saturated heterocycles. The summed E-state index contributed by atoms with van der Waals surface area (Å²) in [6, 6.07) is 12.5. The van der Waals surface area contributed by atoms with Crippen LogP contribution in [0.15, 0.2) is 42.5 Å². The minimum atomic E-state index is -0.540. The number of hydrogen-bond acceptors (Lipinski definition) is 5. The summed E-state index contributed by atoms with van der Waals surface area (Å²) in [7, 11) is 1.49. The number of anilines is 3. The van der Waals surface area contributed by atoms with Crippen LogP contribution in [0.4, 0.5) is 17.2 Å². The summed E-state index contributed by atoms with van der Waals surface area (Å²) in [4.78, 5) is 38.3. The van der Waals surface area contributed by atoms with Gasteiger partial charge in [-0.1, -0.05) is 12.1 Å². The Morgan fingerprint density at radius 1 is 1.20 bits per heavy atom. The smallest absolute Gasteiger partial charge is 0.229 e. The van der Waals surface area contributed by atoms with E-state index in [4.69, 9.17) is 4.74 Å². The molecule has 2 heterocycles. The molecule has 0 spiro atoms. The molecule has 1 aliphatic heterocycles. The molecule has 9 nitrogen and oxygen atoms in total. The Labute approximate surface area is 172 Å². The number of hydrogen-bond donors (Lipinski definition) is 3. The second-order valence-corrected chi connectivity index (χ2v) is 7.08. The second-order valence-electron chi connectivity index (χ2n) is 7.08. The van der Waals surface area contributed by atoms with E-state index in [9.17, 15) is 14.4 Å². The van der Waals surface area contributed by atoms with E-state index in [0.29, 0.717) is 22.9 Å². The molecule has 3 amide bonds. The third-order valence-corrected chi connectivity index (χ3v) is 4.98. The maximum atomic E-state index is 12.9.